The largest absolute Gasteiger partial charge is 0.487 e. The van der Waals surface area contributed by atoms with Crippen LogP contribution in [0.15, 0.2) is 36.7 Å². The maximum atomic E-state index is 12.9. The first kappa shape index (κ1) is 20.9. The lowest BCUT2D eigenvalue weighted by atomic mass is 9.76. The first-order valence-corrected chi connectivity index (χ1v) is 11.3. The summed E-state index contributed by atoms with van der Waals surface area (Å²) in [6.45, 7) is 8.60. The lowest BCUT2D eigenvalue weighted by Gasteiger charge is -2.47. The summed E-state index contributed by atoms with van der Waals surface area (Å²) in [6, 6.07) is 8.32. The highest BCUT2D eigenvalue weighted by Crippen LogP contribution is 2.46. The van der Waals surface area contributed by atoms with E-state index in [1.165, 1.54) is 11.1 Å². The monoisotopic (exact) mass is 410 g/mol. The minimum absolute atomic E-state index is 0.159. The lowest BCUT2D eigenvalue weighted by molar-refractivity contribution is -0.131. The number of amides is 1. The third kappa shape index (κ3) is 4.38. The molecule has 1 aromatic heterocycles. The number of piperidine rings is 1. The van der Waals surface area contributed by atoms with Gasteiger partial charge in [0.05, 0.1) is 6.20 Å². The summed E-state index contributed by atoms with van der Waals surface area (Å²) in [7, 11) is 1.96. The molecule has 2 aliphatic rings. The Kier molecular flexibility index (Phi) is 6.14. The summed E-state index contributed by atoms with van der Waals surface area (Å²) in [5, 5.41) is 4.29. The molecule has 0 bridgehead atoms. The van der Waals surface area contributed by atoms with E-state index in [0.717, 1.165) is 57.7 Å². The number of para-hydroxylation sites is 1. The summed E-state index contributed by atoms with van der Waals surface area (Å²) >= 11 is 0. The van der Waals surface area contributed by atoms with Crippen LogP contribution in [0.25, 0.3) is 0 Å². The molecule has 0 radical (unpaired) electrons. The van der Waals surface area contributed by atoms with Crippen molar-refractivity contribution in [1.82, 2.24) is 19.6 Å². The van der Waals surface area contributed by atoms with Crippen LogP contribution in [0.1, 0.15) is 56.6 Å². The molecule has 6 nitrogen and oxygen atoms in total. The van der Waals surface area contributed by atoms with Crippen LogP contribution in [0, 0.1) is 0 Å². The molecule has 1 spiro atoms. The predicted octanol–water partition coefficient (Wildman–Crippen LogP) is 3.58. The number of benzene rings is 1. The van der Waals surface area contributed by atoms with E-state index in [1.807, 2.05) is 28.9 Å². The molecule has 1 atom stereocenters. The Morgan fingerprint density at radius 3 is 2.63 bits per heavy atom. The SMILES string of the molecule is CCN(CC)C(=O)C[C@H]1CC2(CCN(Cc3cnn(C)c3)CC2)Oc2ccccc21. The van der Waals surface area contributed by atoms with Crippen molar-refractivity contribution in [3.05, 3.63) is 47.8 Å². The van der Waals surface area contributed by atoms with Gasteiger partial charge in [0, 0.05) is 63.9 Å². The van der Waals surface area contributed by atoms with E-state index in [4.69, 9.17) is 4.74 Å². The zero-order chi connectivity index (χ0) is 21.1. The second kappa shape index (κ2) is 8.80. The van der Waals surface area contributed by atoms with Gasteiger partial charge in [0.2, 0.25) is 5.91 Å². The summed E-state index contributed by atoms with van der Waals surface area (Å²) in [6.07, 6.45) is 7.54. The van der Waals surface area contributed by atoms with Crippen LogP contribution in [0.4, 0.5) is 0 Å². The molecule has 2 aliphatic heterocycles. The summed E-state index contributed by atoms with van der Waals surface area (Å²) in [5.74, 6) is 1.46. The van der Waals surface area contributed by atoms with Crippen LogP contribution in [-0.4, -0.2) is 57.3 Å². The van der Waals surface area contributed by atoms with Gasteiger partial charge in [0.25, 0.3) is 0 Å². The molecule has 0 N–H and O–H groups in total. The molecule has 4 rings (SSSR count). The normalized spacial score (nSPS) is 20.6. The zero-order valence-electron chi connectivity index (χ0n) is 18.5. The quantitative estimate of drug-likeness (QED) is 0.730. The van der Waals surface area contributed by atoms with E-state index in [1.54, 1.807) is 0 Å². The summed E-state index contributed by atoms with van der Waals surface area (Å²) in [4.78, 5) is 17.3. The number of hydrogen-bond donors (Lipinski definition) is 0. The summed E-state index contributed by atoms with van der Waals surface area (Å²) in [5.41, 5.74) is 2.29. The molecule has 1 fully saturated rings. The van der Waals surface area contributed by atoms with Crippen LogP contribution >= 0.6 is 0 Å². The summed E-state index contributed by atoms with van der Waals surface area (Å²) < 4.78 is 8.48. The number of hydrogen-bond acceptors (Lipinski definition) is 4. The fraction of sp³-hybridized carbons (Fsp3) is 0.583. The Balaban J connectivity index is 1.46. The lowest BCUT2D eigenvalue weighted by Crippen LogP contribution is -2.50. The highest BCUT2D eigenvalue weighted by Gasteiger charge is 2.43. The third-order valence-electron chi connectivity index (χ3n) is 6.77. The topological polar surface area (TPSA) is 50.6 Å². The molecule has 2 aromatic rings. The van der Waals surface area contributed by atoms with Gasteiger partial charge in [-0.1, -0.05) is 18.2 Å². The first-order valence-electron chi connectivity index (χ1n) is 11.3. The Morgan fingerprint density at radius 1 is 1.23 bits per heavy atom. The molecule has 6 heteroatoms. The number of aryl methyl sites for hydroxylation is 1. The molecule has 0 aliphatic carbocycles. The fourth-order valence-corrected chi connectivity index (χ4v) is 5.08. The van der Waals surface area contributed by atoms with Crippen LogP contribution in [-0.2, 0) is 18.4 Å². The molecular formula is C24H34N4O2. The Morgan fingerprint density at radius 2 is 1.97 bits per heavy atom. The molecular weight excluding hydrogens is 376 g/mol. The minimum atomic E-state index is -0.159. The molecule has 162 valence electrons. The predicted molar refractivity (Wildman–Crippen MR) is 117 cm³/mol. The van der Waals surface area contributed by atoms with Gasteiger partial charge in [-0.2, -0.15) is 5.10 Å². The number of fused-ring (bicyclic) bond motifs is 1. The number of likely N-dealkylation sites (tertiary alicyclic amines) is 1. The van der Waals surface area contributed by atoms with Crippen molar-refractivity contribution in [1.29, 1.82) is 0 Å². The second-order valence-electron chi connectivity index (χ2n) is 8.79. The molecule has 1 aromatic carbocycles. The zero-order valence-corrected chi connectivity index (χ0v) is 18.5. The van der Waals surface area contributed by atoms with E-state index < -0.39 is 0 Å². The van der Waals surface area contributed by atoms with Crippen LogP contribution < -0.4 is 4.74 Å². The molecule has 0 saturated carbocycles. The van der Waals surface area contributed by atoms with E-state index >= 15 is 0 Å². The van der Waals surface area contributed by atoms with Gasteiger partial charge in [-0.15, -0.1) is 0 Å². The van der Waals surface area contributed by atoms with Gasteiger partial charge in [-0.05, 0) is 44.7 Å². The van der Waals surface area contributed by atoms with E-state index in [-0.39, 0.29) is 17.4 Å². The standard InChI is InChI=1S/C24H34N4O2/c1-4-28(5-2)23(29)14-20-15-24(30-22-9-7-6-8-21(20)22)10-12-27(13-11-24)18-19-16-25-26(3)17-19/h6-9,16-17,20H,4-5,10-15,18H2,1-3H3/t20-/m0/s1. The van der Waals surface area contributed by atoms with Gasteiger partial charge in [-0.3, -0.25) is 14.4 Å². The average molecular weight is 411 g/mol. The van der Waals surface area contributed by atoms with Gasteiger partial charge in [0.15, 0.2) is 0 Å². The van der Waals surface area contributed by atoms with Gasteiger partial charge in [-0.25, -0.2) is 0 Å². The number of ether oxygens (including phenoxy) is 1. The number of carbonyl (C=O) groups is 1. The fourth-order valence-electron chi connectivity index (χ4n) is 5.08. The molecule has 30 heavy (non-hydrogen) atoms. The maximum absolute atomic E-state index is 12.9. The highest BCUT2D eigenvalue weighted by molar-refractivity contribution is 5.77. The molecule has 3 heterocycles. The average Bonchev–Trinajstić information content (AvgIpc) is 3.15. The molecule has 1 saturated heterocycles. The van der Waals surface area contributed by atoms with E-state index in [0.29, 0.717) is 6.42 Å². The third-order valence-corrected chi connectivity index (χ3v) is 6.77. The minimum Gasteiger partial charge on any atom is -0.487 e. The Bertz CT molecular complexity index is 866. The van der Waals surface area contributed by atoms with Crippen LogP contribution in [0.2, 0.25) is 0 Å². The smallest absolute Gasteiger partial charge is 0.223 e. The van der Waals surface area contributed by atoms with Crippen molar-refractivity contribution in [2.24, 2.45) is 7.05 Å². The van der Waals surface area contributed by atoms with E-state index in [2.05, 4.69) is 48.2 Å². The molecule has 1 amide bonds. The second-order valence-corrected chi connectivity index (χ2v) is 8.79. The number of nitrogens with zero attached hydrogens (tertiary/aromatic N) is 4. The number of aromatic nitrogens is 2. The van der Waals surface area contributed by atoms with Gasteiger partial charge < -0.3 is 9.64 Å². The number of rotatable bonds is 6. The number of carbonyl (C=O) groups excluding carboxylic acids is 1. The van der Waals surface area contributed by atoms with Crippen molar-refractivity contribution in [2.45, 2.75) is 57.6 Å². The van der Waals surface area contributed by atoms with E-state index in [9.17, 15) is 4.79 Å². The van der Waals surface area contributed by atoms with Crippen molar-refractivity contribution in [2.75, 3.05) is 26.2 Å². The van der Waals surface area contributed by atoms with Crippen molar-refractivity contribution in [3.8, 4) is 5.75 Å². The Hall–Kier alpha value is -2.34. The van der Waals surface area contributed by atoms with Gasteiger partial charge >= 0.3 is 0 Å². The van der Waals surface area contributed by atoms with Crippen LogP contribution in [0.3, 0.4) is 0 Å². The van der Waals surface area contributed by atoms with Crippen molar-refractivity contribution < 1.29 is 9.53 Å². The molecule has 0 unspecified atom stereocenters. The van der Waals surface area contributed by atoms with Crippen LogP contribution in [0.5, 0.6) is 5.75 Å². The van der Waals surface area contributed by atoms with Gasteiger partial charge in [0.1, 0.15) is 11.4 Å². The first-order chi connectivity index (χ1) is 14.5. The highest BCUT2D eigenvalue weighted by atomic mass is 16.5. The maximum Gasteiger partial charge on any atom is 0.223 e. The Labute approximate surface area is 179 Å². The van der Waals surface area contributed by atoms with Crippen molar-refractivity contribution in [3.63, 3.8) is 0 Å². The van der Waals surface area contributed by atoms with Crippen molar-refractivity contribution >= 4 is 5.91 Å².